The molecule has 0 radical (unpaired) electrons. The third-order valence-electron chi connectivity index (χ3n) is 10.0. The first-order chi connectivity index (χ1) is 19.7. The molecule has 4 atom stereocenters. The molecule has 0 N–H and O–H groups in total. The average Bonchev–Trinajstić information content (AvgIpc) is 3.59. The van der Waals surface area contributed by atoms with E-state index in [2.05, 4.69) is 154 Å². The van der Waals surface area contributed by atoms with Crippen LogP contribution < -0.4 is 0 Å². The van der Waals surface area contributed by atoms with Crippen molar-refractivity contribution in [3.63, 3.8) is 0 Å². The molecule has 0 spiro atoms. The van der Waals surface area contributed by atoms with Gasteiger partial charge < -0.3 is 9.47 Å². The van der Waals surface area contributed by atoms with Gasteiger partial charge in [0.05, 0.1) is 23.4 Å². The Morgan fingerprint density at radius 2 is 0.857 bits per heavy atom. The molecular formula is C40H54O2. The number of rotatable bonds is 9. The van der Waals surface area contributed by atoms with Crippen molar-refractivity contribution >= 4 is 0 Å². The molecule has 2 heteroatoms. The monoisotopic (exact) mass is 566 g/mol. The molecular weight excluding hydrogens is 512 g/mol. The quantitative estimate of drug-likeness (QED) is 0.258. The zero-order valence-electron chi connectivity index (χ0n) is 27.9. The maximum atomic E-state index is 6.31. The van der Waals surface area contributed by atoms with E-state index < -0.39 is 0 Å². The fourth-order valence-corrected chi connectivity index (χ4v) is 7.35. The molecule has 4 aliphatic rings. The molecule has 0 aromatic rings. The van der Waals surface area contributed by atoms with Gasteiger partial charge in [-0.15, -0.1) is 0 Å². The van der Waals surface area contributed by atoms with Gasteiger partial charge in [0.15, 0.2) is 0 Å². The van der Waals surface area contributed by atoms with Crippen LogP contribution in [0.25, 0.3) is 0 Å². The van der Waals surface area contributed by atoms with Crippen LogP contribution in [0.1, 0.15) is 94.9 Å². The fourth-order valence-electron chi connectivity index (χ4n) is 7.35. The first-order valence-corrected chi connectivity index (χ1v) is 15.9. The first kappa shape index (κ1) is 32.2. The highest BCUT2D eigenvalue weighted by Gasteiger charge is 2.57. The summed E-state index contributed by atoms with van der Waals surface area (Å²) in [4.78, 5) is 0. The lowest BCUT2D eigenvalue weighted by Gasteiger charge is -2.33. The molecule has 4 heterocycles. The van der Waals surface area contributed by atoms with Crippen LogP contribution in [-0.4, -0.2) is 23.4 Å². The predicted octanol–water partition coefficient (Wildman–Crippen LogP) is 10.8. The Morgan fingerprint density at radius 1 is 0.524 bits per heavy atom. The lowest BCUT2D eigenvalue weighted by molar-refractivity contribution is 0.0231. The van der Waals surface area contributed by atoms with E-state index in [-0.39, 0.29) is 22.0 Å². The van der Waals surface area contributed by atoms with E-state index >= 15 is 0 Å². The molecule has 0 amide bonds. The molecule has 4 rings (SSSR count). The smallest absolute Gasteiger partial charge is 0.0877 e. The summed E-state index contributed by atoms with van der Waals surface area (Å²) in [5.74, 6) is 0. The highest BCUT2D eigenvalue weighted by molar-refractivity contribution is 5.39. The minimum atomic E-state index is -0.0812. The Hall–Kier alpha value is -2.68. The van der Waals surface area contributed by atoms with Crippen LogP contribution in [-0.2, 0) is 9.47 Å². The van der Waals surface area contributed by atoms with Crippen molar-refractivity contribution in [2.75, 3.05) is 0 Å². The lowest BCUT2D eigenvalue weighted by atomic mass is 9.68. The summed E-state index contributed by atoms with van der Waals surface area (Å²) in [6, 6.07) is 0. The summed E-state index contributed by atoms with van der Waals surface area (Å²) in [5, 5.41) is 0. The molecule has 4 saturated heterocycles. The summed E-state index contributed by atoms with van der Waals surface area (Å²) in [5.41, 5.74) is 7.87. The normalized spacial score (nSPS) is 35.2. The molecule has 0 saturated carbocycles. The highest BCUT2D eigenvalue weighted by Crippen LogP contribution is 2.58. The van der Waals surface area contributed by atoms with Gasteiger partial charge in [0.25, 0.3) is 0 Å². The number of allylic oxidation sites excluding steroid dienone is 18. The fraction of sp³-hybridized carbons (Fsp3) is 0.500. The maximum Gasteiger partial charge on any atom is 0.0877 e. The third-order valence-corrected chi connectivity index (χ3v) is 10.0. The second-order valence-corrected chi connectivity index (χ2v) is 14.4. The largest absolute Gasteiger partial charge is 0.367 e. The van der Waals surface area contributed by atoms with E-state index in [0.717, 1.165) is 12.8 Å². The molecule has 4 fully saturated rings. The van der Waals surface area contributed by atoms with Gasteiger partial charge >= 0.3 is 0 Å². The third kappa shape index (κ3) is 6.92. The number of hydrogen-bond donors (Lipinski definition) is 0. The van der Waals surface area contributed by atoms with Crippen molar-refractivity contribution < 1.29 is 9.47 Å². The summed E-state index contributed by atoms with van der Waals surface area (Å²) in [7, 11) is 0. The Balaban J connectivity index is 1.26. The van der Waals surface area contributed by atoms with Crippen LogP contribution in [0.2, 0.25) is 0 Å². The Kier molecular flexibility index (Phi) is 9.60. The van der Waals surface area contributed by atoms with Crippen molar-refractivity contribution in [3.05, 3.63) is 119 Å². The van der Waals surface area contributed by atoms with E-state index in [4.69, 9.17) is 9.47 Å². The molecule has 0 aromatic carbocycles. The van der Waals surface area contributed by atoms with Crippen LogP contribution in [0.5, 0.6) is 0 Å². The van der Waals surface area contributed by atoms with Crippen molar-refractivity contribution in [1.29, 1.82) is 0 Å². The van der Waals surface area contributed by atoms with E-state index in [1.54, 1.807) is 0 Å². The van der Waals surface area contributed by atoms with E-state index in [1.165, 1.54) is 46.3 Å². The van der Waals surface area contributed by atoms with Gasteiger partial charge in [-0.1, -0.05) is 135 Å². The van der Waals surface area contributed by atoms with Gasteiger partial charge in [-0.25, -0.2) is 0 Å². The second kappa shape index (κ2) is 12.5. The summed E-state index contributed by atoms with van der Waals surface area (Å²) >= 11 is 0. The molecule has 226 valence electrons. The maximum absolute atomic E-state index is 6.31. The van der Waals surface area contributed by atoms with Gasteiger partial charge in [0.1, 0.15) is 0 Å². The van der Waals surface area contributed by atoms with Gasteiger partial charge in [0, 0.05) is 10.8 Å². The second-order valence-electron chi connectivity index (χ2n) is 14.4. The zero-order valence-corrected chi connectivity index (χ0v) is 27.9. The minimum Gasteiger partial charge on any atom is -0.367 e. The zero-order chi connectivity index (χ0) is 30.8. The van der Waals surface area contributed by atoms with Crippen LogP contribution in [0.4, 0.5) is 0 Å². The van der Waals surface area contributed by atoms with E-state index in [0.29, 0.717) is 12.2 Å². The lowest BCUT2D eigenvalue weighted by Crippen LogP contribution is -2.32. The van der Waals surface area contributed by atoms with E-state index in [1.807, 2.05) is 0 Å². The molecule has 0 aliphatic carbocycles. The summed E-state index contributed by atoms with van der Waals surface area (Å²) < 4.78 is 12.6. The average molecular weight is 567 g/mol. The molecule has 42 heavy (non-hydrogen) atoms. The Bertz CT molecular complexity index is 1230. The van der Waals surface area contributed by atoms with Crippen LogP contribution in [0, 0.1) is 10.8 Å². The molecule has 0 aromatic heterocycles. The highest BCUT2D eigenvalue weighted by atomic mass is 16.5. The predicted molar refractivity (Wildman–Crippen MR) is 180 cm³/mol. The first-order valence-electron chi connectivity index (χ1n) is 15.9. The van der Waals surface area contributed by atoms with Crippen LogP contribution >= 0.6 is 0 Å². The van der Waals surface area contributed by atoms with Gasteiger partial charge in [-0.2, -0.15) is 0 Å². The topological polar surface area (TPSA) is 18.5 Å². The number of hydrogen-bond acceptors (Lipinski definition) is 2. The van der Waals surface area contributed by atoms with Gasteiger partial charge in [0.2, 0.25) is 0 Å². The Labute approximate surface area is 256 Å². The molecule has 2 nitrogen and oxygen atoms in total. The van der Waals surface area contributed by atoms with Gasteiger partial charge in [-0.3, -0.25) is 0 Å². The van der Waals surface area contributed by atoms with Crippen molar-refractivity contribution in [1.82, 2.24) is 0 Å². The van der Waals surface area contributed by atoms with Crippen molar-refractivity contribution in [3.8, 4) is 0 Å². The SMILES string of the molecule is CC(/C=C/C=C(C)/C=C/C=C/C(C)=C/C=C/C(C)=C/C=C1/C(C)(C)[C@@H]2CC[C@@]1(C)O2)=C\C=C1\C(C)(C)[C@@H]2CC[C@@]1(C)O2. The minimum absolute atomic E-state index is 0.0812. The Morgan fingerprint density at radius 3 is 1.19 bits per heavy atom. The summed E-state index contributed by atoms with van der Waals surface area (Å²) in [6.07, 6.45) is 35.8. The molecule has 4 bridgehead atoms. The number of ether oxygens (including phenoxy) is 2. The van der Waals surface area contributed by atoms with E-state index in [9.17, 15) is 0 Å². The van der Waals surface area contributed by atoms with Crippen LogP contribution in [0.3, 0.4) is 0 Å². The standard InChI is InChI=1S/C40H54O2/c1-29(17-13-19-31(3)21-23-33-37(5,6)35-25-27-39(33,9)41-35)15-11-12-16-30(2)18-14-20-32(4)22-24-34-38(7,8)36-26-28-40(34,10)42-36/h11-24,35-36H,25-28H2,1-10H3/b15-11+,16-12+,19-13+,20-14+,29-17+,30-18+,31-21+,32-22+,33-23-,34-24-/t35-,36-,39+,40+/m0/s1. The van der Waals surface area contributed by atoms with Gasteiger partial charge in [-0.05, 0) is 78.4 Å². The molecule has 4 aliphatic heterocycles. The van der Waals surface area contributed by atoms with Crippen molar-refractivity contribution in [2.24, 2.45) is 10.8 Å². The van der Waals surface area contributed by atoms with Crippen LogP contribution in [0.15, 0.2) is 119 Å². The molecule has 0 unspecified atom stereocenters. The summed E-state index contributed by atoms with van der Waals surface area (Å²) in [6.45, 7) is 22.4. The number of fused-ring (bicyclic) bond motifs is 4. The van der Waals surface area contributed by atoms with Crippen molar-refractivity contribution in [2.45, 2.75) is 118 Å².